The van der Waals surface area contributed by atoms with Crippen molar-refractivity contribution < 1.29 is 14.3 Å². The van der Waals surface area contributed by atoms with Crippen molar-refractivity contribution in [3.05, 3.63) is 71.4 Å². The molecular weight excluding hydrogens is 340 g/mol. The zero-order chi connectivity index (χ0) is 19.9. The predicted molar refractivity (Wildman–Crippen MR) is 107 cm³/mol. The van der Waals surface area contributed by atoms with Gasteiger partial charge >= 0.3 is 0 Å². The summed E-state index contributed by atoms with van der Waals surface area (Å²) in [6.07, 6.45) is 1.66. The Kier molecular flexibility index (Phi) is 6.77. The first kappa shape index (κ1) is 20.2. The van der Waals surface area contributed by atoms with Gasteiger partial charge in [-0.15, -0.1) is 0 Å². The van der Waals surface area contributed by atoms with E-state index in [1.54, 1.807) is 46.1 Å². The highest BCUT2D eigenvalue weighted by molar-refractivity contribution is 6.02. The van der Waals surface area contributed by atoms with E-state index in [1.165, 1.54) is 0 Å². The molecule has 2 aromatic rings. The smallest absolute Gasteiger partial charge is 0.268 e. The second kappa shape index (κ2) is 9.03. The van der Waals surface area contributed by atoms with E-state index < -0.39 is 5.41 Å². The Labute approximate surface area is 160 Å². The molecule has 2 amide bonds. The first-order valence-electron chi connectivity index (χ1n) is 8.79. The van der Waals surface area contributed by atoms with Gasteiger partial charge in [-0.25, -0.2) is 0 Å². The second-order valence-electron chi connectivity index (χ2n) is 7.20. The van der Waals surface area contributed by atoms with Crippen molar-refractivity contribution in [1.82, 2.24) is 10.6 Å². The predicted octanol–water partition coefficient (Wildman–Crippen LogP) is 3.51. The third kappa shape index (κ3) is 6.29. The van der Waals surface area contributed by atoms with Crippen LogP contribution in [0.25, 0.3) is 6.08 Å². The number of benzene rings is 2. The van der Waals surface area contributed by atoms with Crippen molar-refractivity contribution in [1.29, 1.82) is 0 Å². The van der Waals surface area contributed by atoms with E-state index in [9.17, 15) is 9.59 Å². The average molecular weight is 366 g/mol. The van der Waals surface area contributed by atoms with Gasteiger partial charge in [-0.05, 0) is 29.3 Å². The van der Waals surface area contributed by atoms with Gasteiger partial charge in [0.05, 0.1) is 7.11 Å². The zero-order valence-electron chi connectivity index (χ0n) is 16.2. The molecule has 0 atom stereocenters. The molecule has 0 bridgehead atoms. The molecule has 2 rings (SSSR count). The molecule has 0 heterocycles. The molecule has 0 aliphatic rings. The summed E-state index contributed by atoms with van der Waals surface area (Å²) in [5, 5.41) is 5.60. The van der Waals surface area contributed by atoms with Crippen LogP contribution in [0.4, 0.5) is 0 Å². The molecule has 142 valence electrons. The Morgan fingerprint density at radius 1 is 1.00 bits per heavy atom. The van der Waals surface area contributed by atoms with Gasteiger partial charge in [0.1, 0.15) is 11.4 Å². The van der Waals surface area contributed by atoms with Gasteiger partial charge < -0.3 is 15.4 Å². The van der Waals surface area contributed by atoms with Crippen LogP contribution in [0.3, 0.4) is 0 Å². The highest BCUT2D eigenvalue weighted by atomic mass is 16.5. The number of nitrogens with one attached hydrogen (secondary N) is 2. The fourth-order valence-electron chi connectivity index (χ4n) is 2.21. The summed E-state index contributed by atoms with van der Waals surface area (Å²) in [6.45, 7) is 5.78. The summed E-state index contributed by atoms with van der Waals surface area (Å²) in [7, 11) is 1.59. The van der Waals surface area contributed by atoms with Crippen LogP contribution in [0, 0.1) is 5.41 Å². The molecule has 0 spiro atoms. The Hall–Kier alpha value is -3.08. The number of hydrogen-bond donors (Lipinski definition) is 2. The molecule has 0 aliphatic carbocycles. The molecular formula is C22H26N2O3. The summed E-state index contributed by atoms with van der Waals surface area (Å²) in [4.78, 5) is 25.1. The number of ether oxygens (including phenoxy) is 1. The van der Waals surface area contributed by atoms with E-state index in [2.05, 4.69) is 10.6 Å². The SMILES string of the molecule is COc1ccc(/C=C(\NC(=O)C(C)(C)C)C(=O)NCc2ccccc2)cc1. The van der Waals surface area contributed by atoms with Gasteiger partial charge in [-0.3, -0.25) is 9.59 Å². The maximum atomic E-state index is 12.7. The minimum atomic E-state index is -0.612. The number of hydrogen-bond acceptors (Lipinski definition) is 3. The van der Waals surface area contributed by atoms with E-state index in [0.717, 1.165) is 16.9 Å². The summed E-state index contributed by atoms with van der Waals surface area (Å²) in [5.74, 6) is 0.158. The lowest BCUT2D eigenvalue weighted by molar-refractivity contribution is -0.129. The standard InChI is InChI=1S/C22H26N2O3/c1-22(2,3)21(26)24-19(14-16-10-12-18(27-4)13-11-16)20(25)23-15-17-8-6-5-7-9-17/h5-14H,15H2,1-4H3,(H,23,25)(H,24,26)/b19-14-. The van der Waals surface area contributed by atoms with Gasteiger partial charge in [0.15, 0.2) is 0 Å². The van der Waals surface area contributed by atoms with Crippen LogP contribution in [0.2, 0.25) is 0 Å². The summed E-state index contributed by atoms with van der Waals surface area (Å²) in [5.41, 5.74) is 1.36. The van der Waals surface area contributed by atoms with Crippen molar-refractivity contribution in [2.45, 2.75) is 27.3 Å². The number of rotatable bonds is 6. The number of methoxy groups -OCH3 is 1. The molecule has 5 heteroatoms. The Morgan fingerprint density at radius 3 is 2.19 bits per heavy atom. The highest BCUT2D eigenvalue weighted by Crippen LogP contribution is 2.16. The van der Waals surface area contributed by atoms with Gasteiger partial charge in [-0.2, -0.15) is 0 Å². The topological polar surface area (TPSA) is 67.4 Å². The second-order valence-corrected chi connectivity index (χ2v) is 7.20. The number of carbonyl (C=O) groups is 2. The van der Waals surface area contributed by atoms with Gasteiger partial charge in [-0.1, -0.05) is 63.2 Å². The molecule has 0 saturated carbocycles. The normalized spacial score (nSPS) is 11.6. The van der Waals surface area contributed by atoms with Crippen LogP contribution >= 0.6 is 0 Å². The Bertz CT molecular complexity index is 804. The van der Waals surface area contributed by atoms with Crippen molar-refractivity contribution in [3.63, 3.8) is 0 Å². The quantitative estimate of drug-likeness (QED) is 0.769. The molecule has 0 radical (unpaired) electrons. The van der Waals surface area contributed by atoms with Crippen molar-refractivity contribution in [2.75, 3.05) is 7.11 Å². The maximum absolute atomic E-state index is 12.7. The largest absolute Gasteiger partial charge is 0.497 e. The highest BCUT2D eigenvalue weighted by Gasteiger charge is 2.24. The van der Waals surface area contributed by atoms with Crippen LogP contribution < -0.4 is 15.4 Å². The van der Waals surface area contributed by atoms with E-state index in [-0.39, 0.29) is 17.5 Å². The minimum absolute atomic E-state index is 0.205. The summed E-state index contributed by atoms with van der Waals surface area (Å²) >= 11 is 0. The Morgan fingerprint density at radius 2 is 1.63 bits per heavy atom. The van der Waals surface area contributed by atoms with E-state index >= 15 is 0 Å². The van der Waals surface area contributed by atoms with Crippen molar-refractivity contribution >= 4 is 17.9 Å². The molecule has 0 fully saturated rings. The van der Waals surface area contributed by atoms with E-state index in [0.29, 0.717) is 6.54 Å². The monoisotopic (exact) mass is 366 g/mol. The Balaban J connectivity index is 2.20. The van der Waals surface area contributed by atoms with Gasteiger partial charge in [0, 0.05) is 12.0 Å². The lowest BCUT2D eigenvalue weighted by Gasteiger charge is -2.19. The van der Waals surface area contributed by atoms with Crippen LogP contribution in [0.15, 0.2) is 60.3 Å². The van der Waals surface area contributed by atoms with Crippen LogP contribution in [0.5, 0.6) is 5.75 Å². The van der Waals surface area contributed by atoms with Crippen LogP contribution in [0.1, 0.15) is 31.9 Å². The molecule has 5 nitrogen and oxygen atoms in total. The molecule has 0 unspecified atom stereocenters. The van der Waals surface area contributed by atoms with E-state index in [1.807, 2.05) is 42.5 Å². The molecule has 27 heavy (non-hydrogen) atoms. The van der Waals surface area contributed by atoms with Gasteiger partial charge in [0.2, 0.25) is 5.91 Å². The molecule has 2 N–H and O–H groups in total. The van der Waals surface area contributed by atoms with Crippen LogP contribution in [-0.4, -0.2) is 18.9 Å². The summed E-state index contributed by atoms with van der Waals surface area (Å²) < 4.78 is 5.15. The summed E-state index contributed by atoms with van der Waals surface area (Å²) in [6, 6.07) is 16.9. The van der Waals surface area contributed by atoms with E-state index in [4.69, 9.17) is 4.74 Å². The molecule has 2 aromatic carbocycles. The maximum Gasteiger partial charge on any atom is 0.268 e. The zero-order valence-corrected chi connectivity index (χ0v) is 16.2. The molecule has 0 aliphatic heterocycles. The van der Waals surface area contributed by atoms with Crippen LogP contribution in [-0.2, 0) is 16.1 Å². The number of carbonyl (C=O) groups excluding carboxylic acids is 2. The van der Waals surface area contributed by atoms with Crippen molar-refractivity contribution in [3.8, 4) is 5.75 Å². The molecule has 0 aromatic heterocycles. The third-order valence-corrected chi connectivity index (χ3v) is 3.90. The van der Waals surface area contributed by atoms with Gasteiger partial charge in [0.25, 0.3) is 5.91 Å². The van der Waals surface area contributed by atoms with Crippen molar-refractivity contribution in [2.24, 2.45) is 5.41 Å². The first-order chi connectivity index (χ1) is 12.8. The fourth-order valence-corrected chi connectivity index (χ4v) is 2.21. The third-order valence-electron chi connectivity index (χ3n) is 3.90. The minimum Gasteiger partial charge on any atom is -0.497 e. The first-order valence-corrected chi connectivity index (χ1v) is 8.79. The molecule has 0 saturated heterocycles. The lowest BCUT2D eigenvalue weighted by Crippen LogP contribution is -2.39. The fraction of sp³-hybridized carbons (Fsp3) is 0.273. The lowest BCUT2D eigenvalue weighted by atomic mass is 9.95. The average Bonchev–Trinajstić information content (AvgIpc) is 2.66. The number of amides is 2.